The molecule has 1 nitrogen and oxygen atoms in total. The van der Waals surface area contributed by atoms with E-state index in [0.29, 0.717) is 5.75 Å². The standard InChI is InChI=1S/C13H20F2OSi/c1-13(2,3)17(4,5)16-11-8-6-10(7-9-11)12(14)15/h6-9,12H,1-5H3. The fourth-order valence-corrected chi connectivity index (χ4v) is 2.16. The first kappa shape index (κ1) is 14.2. The maximum atomic E-state index is 12.4. The van der Waals surface area contributed by atoms with Gasteiger partial charge in [0.25, 0.3) is 6.43 Å². The van der Waals surface area contributed by atoms with E-state index in [2.05, 4.69) is 33.9 Å². The molecule has 17 heavy (non-hydrogen) atoms. The number of hydrogen-bond donors (Lipinski definition) is 0. The minimum Gasteiger partial charge on any atom is -0.544 e. The molecule has 4 heteroatoms. The zero-order valence-electron chi connectivity index (χ0n) is 11.1. The minimum absolute atomic E-state index is 0.0348. The van der Waals surface area contributed by atoms with Crippen molar-refractivity contribution in [2.24, 2.45) is 0 Å². The van der Waals surface area contributed by atoms with Crippen molar-refractivity contribution in [2.45, 2.75) is 45.3 Å². The van der Waals surface area contributed by atoms with Crippen LogP contribution in [0.25, 0.3) is 0 Å². The second kappa shape index (κ2) is 4.76. The Hall–Kier alpha value is -0.903. The fraction of sp³-hybridized carbons (Fsp3) is 0.538. The molecule has 0 atom stereocenters. The van der Waals surface area contributed by atoms with Crippen LogP contribution in [0.5, 0.6) is 5.75 Å². The molecule has 0 aliphatic carbocycles. The van der Waals surface area contributed by atoms with Crippen molar-refractivity contribution in [1.82, 2.24) is 0 Å². The van der Waals surface area contributed by atoms with Crippen LogP contribution in [0.1, 0.15) is 32.8 Å². The van der Waals surface area contributed by atoms with Gasteiger partial charge < -0.3 is 4.43 Å². The van der Waals surface area contributed by atoms with Gasteiger partial charge in [0.15, 0.2) is 0 Å². The number of halogens is 2. The Morgan fingerprint density at radius 2 is 1.53 bits per heavy atom. The summed E-state index contributed by atoms with van der Waals surface area (Å²) < 4.78 is 30.8. The Kier molecular flexibility index (Phi) is 3.97. The van der Waals surface area contributed by atoms with E-state index >= 15 is 0 Å². The Labute approximate surface area is 103 Å². The predicted octanol–water partition coefficient (Wildman–Crippen LogP) is 5.01. The molecule has 0 amide bonds. The second-order valence-electron chi connectivity index (χ2n) is 5.73. The van der Waals surface area contributed by atoms with Crippen LogP contribution in [0.15, 0.2) is 24.3 Å². The molecule has 0 saturated carbocycles. The van der Waals surface area contributed by atoms with Gasteiger partial charge in [-0.25, -0.2) is 8.78 Å². The molecule has 0 aliphatic rings. The lowest BCUT2D eigenvalue weighted by atomic mass is 10.2. The van der Waals surface area contributed by atoms with E-state index in [9.17, 15) is 8.78 Å². The third kappa shape index (κ3) is 3.53. The maximum Gasteiger partial charge on any atom is 0.263 e. The Morgan fingerprint density at radius 3 is 1.88 bits per heavy atom. The van der Waals surface area contributed by atoms with Crippen molar-refractivity contribution in [3.8, 4) is 5.75 Å². The molecule has 96 valence electrons. The molecule has 0 fully saturated rings. The topological polar surface area (TPSA) is 9.23 Å². The monoisotopic (exact) mass is 258 g/mol. The van der Waals surface area contributed by atoms with Gasteiger partial charge >= 0.3 is 0 Å². The predicted molar refractivity (Wildman–Crippen MR) is 69.2 cm³/mol. The first-order valence-corrected chi connectivity index (χ1v) is 8.61. The highest BCUT2D eigenvalue weighted by molar-refractivity contribution is 6.74. The van der Waals surface area contributed by atoms with Crippen molar-refractivity contribution in [2.75, 3.05) is 0 Å². The molecule has 0 bridgehead atoms. The average Bonchev–Trinajstić information content (AvgIpc) is 2.16. The van der Waals surface area contributed by atoms with Gasteiger partial charge in [0.1, 0.15) is 5.75 Å². The lowest BCUT2D eigenvalue weighted by molar-refractivity contribution is 0.151. The minimum atomic E-state index is -2.42. The summed E-state index contributed by atoms with van der Waals surface area (Å²) in [5.74, 6) is 0.681. The van der Waals surface area contributed by atoms with Gasteiger partial charge in [-0.05, 0) is 42.4 Å². The van der Waals surface area contributed by atoms with Gasteiger partial charge in [-0.15, -0.1) is 0 Å². The van der Waals surface area contributed by atoms with Crippen molar-refractivity contribution in [3.05, 3.63) is 29.8 Å². The number of benzene rings is 1. The van der Waals surface area contributed by atoms with E-state index < -0.39 is 14.7 Å². The lowest BCUT2D eigenvalue weighted by Crippen LogP contribution is -2.43. The molecule has 0 heterocycles. The van der Waals surface area contributed by atoms with E-state index in [1.165, 1.54) is 12.1 Å². The van der Waals surface area contributed by atoms with E-state index in [1.807, 2.05) is 0 Å². The van der Waals surface area contributed by atoms with Crippen LogP contribution in [0.3, 0.4) is 0 Å². The van der Waals surface area contributed by atoms with E-state index in [1.54, 1.807) is 12.1 Å². The number of alkyl halides is 2. The molecule has 0 radical (unpaired) electrons. The maximum absolute atomic E-state index is 12.4. The average molecular weight is 258 g/mol. The fourth-order valence-electron chi connectivity index (χ4n) is 1.13. The highest BCUT2D eigenvalue weighted by Gasteiger charge is 2.38. The first-order valence-electron chi connectivity index (χ1n) is 5.70. The highest BCUT2D eigenvalue weighted by atomic mass is 28.4. The first-order chi connectivity index (χ1) is 7.63. The molecule has 0 N–H and O–H groups in total. The molecule has 1 aromatic rings. The van der Waals surface area contributed by atoms with Gasteiger partial charge in [-0.1, -0.05) is 20.8 Å². The van der Waals surface area contributed by atoms with Crippen LogP contribution in [-0.4, -0.2) is 8.32 Å². The number of rotatable bonds is 3. The zero-order valence-corrected chi connectivity index (χ0v) is 12.1. The summed E-state index contributed by atoms with van der Waals surface area (Å²) in [5, 5.41) is 0.106. The van der Waals surface area contributed by atoms with Gasteiger partial charge in [-0.2, -0.15) is 0 Å². The smallest absolute Gasteiger partial charge is 0.263 e. The molecule has 0 saturated heterocycles. The summed E-state index contributed by atoms with van der Waals surface area (Å²) in [6.07, 6.45) is -2.42. The van der Waals surface area contributed by atoms with E-state index in [4.69, 9.17) is 4.43 Å². The van der Waals surface area contributed by atoms with Crippen LogP contribution in [0.4, 0.5) is 8.78 Å². The van der Waals surface area contributed by atoms with Gasteiger partial charge in [0, 0.05) is 5.56 Å². The largest absolute Gasteiger partial charge is 0.544 e. The molecule has 0 spiro atoms. The molecule has 1 aromatic carbocycles. The summed E-state index contributed by atoms with van der Waals surface area (Å²) in [6, 6.07) is 6.10. The van der Waals surface area contributed by atoms with Crippen molar-refractivity contribution in [3.63, 3.8) is 0 Å². The van der Waals surface area contributed by atoms with Gasteiger partial charge in [-0.3, -0.25) is 0 Å². The van der Waals surface area contributed by atoms with E-state index in [-0.39, 0.29) is 10.6 Å². The normalized spacial score (nSPS) is 12.9. The van der Waals surface area contributed by atoms with Crippen molar-refractivity contribution >= 4 is 8.32 Å². The summed E-state index contributed by atoms with van der Waals surface area (Å²) in [7, 11) is -1.88. The summed E-state index contributed by atoms with van der Waals surface area (Å²) in [6.45, 7) is 10.7. The zero-order chi connectivity index (χ0) is 13.3. The molecule has 0 aliphatic heterocycles. The molecule has 0 unspecified atom stereocenters. The van der Waals surface area contributed by atoms with Crippen LogP contribution in [0, 0.1) is 0 Å². The summed E-state index contributed by atoms with van der Waals surface area (Å²) in [4.78, 5) is 0. The molecular formula is C13H20F2OSi. The SMILES string of the molecule is CC(C)(C)[Si](C)(C)Oc1ccc(C(F)F)cc1. The van der Waals surface area contributed by atoms with Crippen LogP contribution in [-0.2, 0) is 0 Å². The Bertz CT molecular complexity index is 366. The number of hydrogen-bond acceptors (Lipinski definition) is 1. The quantitative estimate of drug-likeness (QED) is 0.693. The molecular weight excluding hydrogens is 238 g/mol. The van der Waals surface area contributed by atoms with Crippen LogP contribution >= 0.6 is 0 Å². The second-order valence-corrected chi connectivity index (χ2v) is 10.5. The third-order valence-corrected chi connectivity index (χ3v) is 7.67. The molecule has 0 aromatic heterocycles. The highest BCUT2D eigenvalue weighted by Crippen LogP contribution is 2.37. The van der Waals surface area contributed by atoms with Crippen molar-refractivity contribution < 1.29 is 13.2 Å². The summed E-state index contributed by atoms with van der Waals surface area (Å²) in [5.41, 5.74) is 0.0348. The van der Waals surface area contributed by atoms with Gasteiger partial charge in [0.05, 0.1) is 0 Å². The molecule has 1 rings (SSSR count). The van der Waals surface area contributed by atoms with E-state index in [0.717, 1.165) is 0 Å². The summed E-state index contributed by atoms with van der Waals surface area (Å²) >= 11 is 0. The van der Waals surface area contributed by atoms with Gasteiger partial charge in [0.2, 0.25) is 8.32 Å². The van der Waals surface area contributed by atoms with Crippen LogP contribution in [0.2, 0.25) is 18.1 Å². The third-order valence-electron chi connectivity index (χ3n) is 3.31. The Balaban J connectivity index is 2.83. The van der Waals surface area contributed by atoms with Crippen LogP contribution < -0.4 is 4.43 Å². The Morgan fingerprint density at radius 1 is 1.06 bits per heavy atom. The lowest BCUT2D eigenvalue weighted by Gasteiger charge is -2.36. The van der Waals surface area contributed by atoms with Crippen molar-refractivity contribution in [1.29, 1.82) is 0 Å².